The van der Waals surface area contributed by atoms with Crippen molar-refractivity contribution in [3.05, 3.63) is 41.7 Å². The quantitative estimate of drug-likeness (QED) is 0.856. The van der Waals surface area contributed by atoms with Crippen LogP contribution < -0.4 is 15.8 Å². The van der Waals surface area contributed by atoms with Crippen LogP contribution in [0.25, 0.3) is 0 Å². The maximum absolute atomic E-state index is 12.2. The van der Waals surface area contributed by atoms with Crippen molar-refractivity contribution in [2.75, 3.05) is 30.7 Å². The molecule has 2 aromatic rings. The van der Waals surface area contributed by atoms with Gasteiger partial charge in [0.2, 0.25) is 0 Å². The number of carbonyl (C=O) groups is 1. The molecule has 0 saturated carbocycles. The molecule has 1 saturated heterocycles. The molecule has 1 aliphatic rings. The molecule has 0 bridgehead atoms. The standard InChI is InChI=1S/C16H18ClN5O2/c17-14-15(18)19-10-20-16(14)21-11-6-7-22(8-11)13(23)9-24-12-4-2-1-3-5-12/h1-5,10-11H,6-9H2,(H3,18,19,20,21)/t11-/m1/s1. The van der Waals surface area contributed by atoms with Crippen molar-refractivity contribution in [2.24, 2.45) is 0 Å². The summed E-state index contributed by atoms with van der Waals surface area (Å²) >= 11 is 6.08. The van der Waals surface area contributed by atoms with Crippen LogP contribution in [0.2, 0.25) is 5.02 Å². The fourth-order valence-corrected chi connectivity index (χ4v) is 2.69. The van der Waals surface area contributed by atoms with E-state index in [4.69, 9.17) is 22.1 Å². The monoisotopic (exact) mass is 347 g/mol. The maximum atomic E-state index is 12.2. The number of nitrogens with two attached hydrogens (primary N) is 1. The summed E-state index contributed by atoms with van der Waals surface area (Å²) < 4.78 is 5.50. The number of anilines is 2. The minimum Gasteiger partial charge on any atom is -0.484 e. The van der Waals surface area contributed by atoms with Crippen molar-refractivity contribution in [3.8, 4) is 5.75 Å². The highest BCUT2D eigenvalue weighted by Crippen LogP contribution is 2.25. The van der Waals surface area contributed by atoms with E-state index in [0.717, 1.165) is 6.42 Å². The lowest BCUT2D eigenvalue weighted by atomic mass is 10.2. The lowest BCUT2D eigenvalue weighted by Crippen LogP contribution is -2.35. The fraction of sp³-hybridized carbons (Fsp3) is 0.312. The number of amides is 1. The van der Waals surface area contributed by atoms with Crippen molar-refractivity contribution in [1.82, 2.24) is 14.9 Å². The lowest BCUT2D eigenvalue weighted by molar-refractivity contribution is -0.132. The molecule has 3 N–H and O–H groups in total. The van der Waals surface area contributed by atoms with Crippen LogP contribution in [-0.2, 0) is 4.79 Å². The van der Waals surface area contributed by atoms with Gasteiger partial charge >= 0.3 is 0 Å². The number of para-hydroxylation sites is 1. The van der Waals surface area contributed by atoms with Crippen LogP contribution in [0.1, 0.15) is 6.42 Å². The Kier molecular flexibility index (Phi) is 5.00. The summed E-state index contributed by atoms with van der Waals surface area (Å²) in [6.07, 6.45) is 2.16. The number of hydrogen-bond acceptors (Lipinski definition) is 6. The molecule has 0 aliphatic carbocycles. The molecular weight excluding hydrogens is 330 g/mol. The van der Waals surface area contributed by atoms with E-state index >= 15 is 0 Å². The van der Waals surface area contributed by atoms with E-state index in [1.165, 1.54) is 6.33 Å². The number of halogens is 1. The smallest absolute Gasteiger partial charge is 0.260 e. The average molecular weight is 348 g/mol. The number of ether oxygens (including phenoxy) is 1. The number of nitrogens with one attached hydrogen (secondary N) is 1. The number of carbonyl (C=O) groups excluding carboxylic acids is 1. The van der Waals surface area contributed by atoms with Crippen molar-refractivity contribution in [1.29, 1.82) is 0 Å². The molecule has 7 nitrogen and oxygen atoms in total. The summed E-state index contributed by atoms with van der Waals surface area (Å²) in [5.41, 5.74) is 5.66. The zero-order valence-corrected chi connectivity index (χ0v) is 13.7. The van der Waals surface area contributed by atoms with Crippen LogP contribution in [0.4, 0.5) is 11.6 Å². The Bertz CT molecular complexity index is 713. The fourth-order valence-electron chi connectivity index (χ4n) is 2.54. The molecule has 0 spiro atoms. The Morgan fingerprint density at radius 3 is 2.96 bits per heavy atom. The van der Waals surface area contributed by atoms with E-state index in [-0.39, 0.29) is 24.4 Å². The van der Waals surface area contributed by atoms with E-state index in [0.29, 0.717) is 29.7 Å². The molecule has 8 heteroatoms. The van der Waals surface area contributed by atoms with Crippen LogP contribution in [0.5, 0.6) is 5.75 Å². The van der Waals surface area contributed by atoms with Gasteiger partial charge in [-0.2, -0.15) is 0 Å². The molecule has 1 amide bonds. The molecule has 1 fully saturated rings. The molecule has 0 radical (unpaired) electrons. The lowest BCUT2D eigenvalue weighted by Gasteiger charge is -2.18. The van der Waals surface area contributed by atoms with Gasteiger partial charge in [0.05, 0.1) is 0 Å². The molecular formula is C16H18ClN5O2. The summed E-state index contributed by atoms with van der Waals surface area (Å²) in [5, 5.41) is 3.51. The zero-order chi connectivity index (χ0) is 16.9. The molecule has 2 heterocycles. The number of likely N-dealkylation sites (tertiary alicyclic amines) is 1. The van der Waals surface area contributed by atoms with Crippen LogP contribution in [0.3, 0.4) is 0 Å². The Balaban J connectivity index is 1.51. The third-order valence-electron chi connectivity index (χ3n) is 3.80. The average Bonchev–Trinajstić information content (AvgIpc) is 3.06. The zero-order valence-electron chi connectivity index (χ0n) is 13.0. The summed E-state index contributed by atoms with van der Waals surface area (Å²) in [7, 11) is 0. The molecule has 0 unspecified atom stereocenters. The Labute approximate surface area is 144 Å². The van der Waals surface area contributed by atoms with Gasteiger partial charge in [-0.05, 0) is 18.6 Å². The second kappa shape index (κ2) is 7.35. The first-order valence-electron chi connectivity index (χ1n) is 7.61. The van der Waals surface area contributed by atoms with E-state index < -0.39 is 0 Å². The molecule has 1 aromatic carbocycles. The highest BCUT2D eigenvalue weighted by atomic mass is 35.5. The minimum absolute atomic E-state index is 0.0257. The van der Waals surface area contributed by atoms with Crippen LogP contribution in [0.15, 0.2) is 36.7 Å². The van der Waals surface area contributed by atoms with Gasteiger partial charge in [-0.15, -0.1) is 0 Å². The highest BCUT2D eigenvalue weighted by Gasteiger charge is 2.27. The first-order valence-corrected chi connectivity index (χ1v) is 7.99. The van der Waals surface area contributed by atoms with Crippen molar-refractivity contribution in [3.63, 3.8) is 0 Å². The minimum atomic E-state index is -0.0450. The molecule has 24 heavy (non-hydrogen) atoms. The first-order chi connectivity index (χ1) is 11.6. The predicted octanol–water partition coefficient (Wildman–Crippen LogP) is 1.80. The van der Waals surface area contributed by atoms with Gasteiger partial charge in [0.1, 0.15) is 22.9 Å². The third kappa shape index (κ3) is 3.86. The predicted molar refractivity (Wildman–Crippen MR) is 92.0 cm³/mol. The number of hydrogen-bond donors (Lipinski definition) is 2. The summed E-state index contributed by atoms with van der Waals surface area (Å²) in [6, 6.07) is 9.35. The van der Waals surface area contributed by atoms with Gasteiger partial charge in [-0.25, -0.2) is 9.97 Å². The van der Waals surface area contributed by atoms with Gasteiger partial charge in [0.15, 0.2) is 12.4 Å². The van der Waals surface area contributed by atoms with E-state index in [1.807, 2.05) is 30.3 Å². The van der Waals surface area contributed by atoms with Crippen molar-refractivity contribution in [2.45, 2.75) is 12.5 Å². The second-order valence-electron chi connectivity index (χ2n) is 5.49. The summed E-state index contributed by atoms with van der Waals surface area (Å²) in [4.78, 5) is 21.9. The number of aromatic nitrogens is 2. The number of benzene rings is 1. The van der Waals surface area contributed by atoms with E-state index in [1.54, 1.807) is 4.90 Å². The van der Waals surface area contributed by atoms with Crippen LogP contribution in [-0.4, -0.2) is 46.5 Å². The van der Waals surface area contributed by atoms with Gasteiger partial charge in [0.25, 0.3) is 5.91 Å². The third-order valence-corrected chi connectivity index (χ3v) is 4.18. The van der Waals surface area contributed by atoms with Crippen LogP contribution in [0, 0.1) is 0 Å². The first kappa shape index (κ1) is 16.3. The Morgan fingerprint density at radius 2 is 2.17 bits per heavy atom. The van der Waals surface area contributed by atoms with Gasteiger partial charge in [0, 0.05) is 19.1 Å². The normalized spacial score (nSPS) is 16.9. The van der Waals surface area contributed by atoms with Gasteiger partial charge < -0.3 is 20.7 Å². The molecule has 1 atom stereocenters. The maximum Gasteiger partial charge on any atom is 0.260 e. The SMILES string of the molecule is Nc1ncnc(N[C@@H]2CCN(C(=O)COc3ccccc3)C2)c1Cl. The number of rotatable bonds is 5. The molecule has 3 rings (SSSR count). The van der Waals surface area contributed by atoms with Gasteiger partial charge in [-0.1, -0.05) is 29.8 Å². The Morgan fingerprint density at radius 1 is 1.38 bits per heavy atom. The van der Waals surface area contributed by atoms with Crippen LogP contribution >= 0.6 is 11.6 Å². The number of nitrogens with zero attached hydrogens (tertiary/aromatic N) is 3. The molecule has 1 aromatic heterocycles. The van der Waals surface area contributed by atoms with E-state index in [9.17, 15) is 4.79 Å². The molecule has 1 aliphatic heterocycles. The van der Waals surface area contributed by atoms with E-state index in [2.05, 4.69) is 15.3 Å². The largest absolute Gasteiger partial charge is 0.484 e. The summed E-state index contributed by atoms with van der Waals surface area (Å²) in [5.74, 6) is 1.36. The van der Waals surface area contributed by atoms with Crippen molar-refractivity contribution < 1.29 is 9.53 Å². The van der Waals surface area contributed by atoms with Gasteiger partial charge in [-0.3, -0.25) is 4.79 Å². The second-order valence-corrected chi connectivity index (χ2v) is 5.87. The summed E-state index contributed by atoms with van der Waals surface area (Å²) in [6.45, 7) is 1.25. The Hall–Kier alpha value is -2.54. The topological polar surface area (TPSA) is 93.4 Å². The molecule has 126 valence electrons. The highest BCUT2D eigenvalue weighted by molar-refractivity contribution is 6.35. The number of nitrogen functional groups attached to an aromatic ring is 1. The van der Waals surface area contributed by atoms with Crippen molar-refractivity contribution >= 4 is 29.1 Å².